The van der Waals surface area contributed by atoms with Crippen LogP contribution in [0, 0.1) is 0 Å². The SMILES string of the molecule is F.[In+3].[In+3].[O-2].[O-2].[O-2]. The maximum atomic E-state index is 0. The zero-order valence-corrected chi connectivity index (χ0v) is 9.38. The first-order valence-corrected chi connectivity index (χ1v) is 0. The number of halogens is 1. The summed E-state index contributed by atoms with van der Waals surface area (Å²) in [5, 5.41) is 0. The van der Waals surface area contributed by atoms with Crippen molar-refractivity contribution < 1.29 is 21.1 Å². The van der Waals surface area contributed by atoms with Crippen LogP contribution in [0.5, 0.6) is 0 Å². The molecule has 0 bridgehead atoms. The second kappa shape index (κ2) is 84.0. The molecule has 0 atom stereocenters. The first-order valence-electron chi connectivity index (χ1n) is 0. The van der Waals surface area contributed by atoms with Gasteiger partial charge in [-0.15, -0.1) is 0 Å². The molecule has 0 saturated heterocycles. The third-order valence-electron chi connectivity index (χ3n) is 0. The number of rotatable bonds is 0. The van der Waals surface area contributed by atoms with Crippen molar-refractivity contribution in [2.75, 3.05) is 0 Å². The van der Waals surface area contributed by atoms with Crippen molar-refractivity contribution in [3.63, 3.8) is 0 Å². The van der Waals surface area contributed by atoms with E-state index < -0.39 is 0 Å². The molecule has 6 heteroatoms. The van der Waals surface area contributed by atoms with Crippen LogP contribution in [-0.4, -0.2) is 51.7 Å². The summed E-state index contributed by atoms with van der Waals surface area (Å²) in [5.41, 5.74) is 0. The van der Waals surface area contributed by atoms with Gasteiger partial charge in [0.1, 0.15) is 0 Å². The average molecular weight is 298 g/mol. The van der Waals surface area contributed by atoms with Crippen molar-refractivity contribution in [2.24, 2.45) is 0 Å². The van der Waals surface area contributed by atoms with Crippen molar-refractivity contribution >= 4 is 51.7 Å². The van der Waals surface area contributed by atoms with Gasteiger partial charge < -0.3 is 16.4 Å². The standard InChI is InChI=1S/FH.2In.3O/h1H;;;;;/q;2*+3;3*-2. The third-order valence-corrected chi connectivity index (χ3v) is 0. The van der Waals surface area contributed by atoms with Gasteiger partial charge in [0.05, 0.1) is 0 Å². The molecule has 0 aliphatic carbocycles. The molecule has 0 fully saturated rings. The predicted molar refractivity (Wildman–Crippen MR) is 16.1 cm³/mol. The van der Waals surface area contributed by atoms with Gasteiger partial charge in [0, 0.05) is 0 Å². The summed E-state index contributed by atoms with van der Waals surface area (Å²) in [4.78, 5) is 0. The molecule has 0 aromatic heterocycles. The summed E-state index contributed by atoms with van der Waals surface area (Å²) in [6, 6.07) is 0. The smallest absolute Gasteiger partial charge is 2.00 e. The molecule has 0 saturated carbocycles. The van der Waals surface area contributed by atoms with Gasteiger partial charge >= 0.3 is 51.7 Å². The third kappa shape index (κ3) is 47.8. The molecule has 0 aromatic rings. The molecule has 0 radical (unpaired) electrons. The minimum atomic E-state index is 0. The Balaban J connectivity index is 0. The van der Waals surface area contributed by atoms with E-state index in [1.54, 1.807) is 0 Å². The normalized spacial score (nSPS) is 0. The molecule has 0 amide bonds. The van der Waals surface area contributed by atoms with Gasteiger partial charge in [0.15, 0.2) is 0 Å². The van der Waals surface area contributed by atoms with E-state index in [0.717, 1.165) is 0 Å². The fourth-order valence-corrected chi connectivity index (χ4v) is 0. The summed E-state index contributed by atoms with van der Waals surface area (Å²) in [5.74, 6) is 0. The topological polar surface area (TPSA) is 85.5 Å². The summed E-state index contributed by atoms with van der Waals surface area (Å²) in [6.45, 7) is 0. The molecule has 0 aliphatic rings. The fraction of sp³-hybridized carbons (Fsp3) is 0. The van der Waals surface area contributed by atoms with Crippen molar-refractivity contribution in [3.05, 3.63) is 0 Å². The van der Waals surface area contributed by atoms with E-state index >= 15 is 0 Å². The average Bonchev–Trinajstić information content (AvgIpc) is 0. The van der Waals surface area contributed by atoms with Crippen LogP contribution >= 0.6 is 0 Å². The Labute approximate surface area is 72.4 Å². The van der Waals surface area contributed by atoms with E-state index in [-0.39, 0.29) is 72.8 Å². The first kappa shape index (κ1) is 135. The largest absolute Gasteiger partial charge is 3.00 e. The van der Waals surface area contributed by atoms with E-state index in [4.69, 9.17) is 0 Å². The second-order valence-corrected chi connectivity index (χ2v) is 0. The van der Waals surface area contributed by atoms with Crippen LogP contribution in [-0.2, 0) is 16.4 Å². The molecule has 0 spiro atoms. The van der Waals surface area contributed by atoms with Gasteiger partial charge in [-0.2, -0.15) is 0 Å². The van der Waals surface area contributed by atoms with Gasteiger partial charge in [0.25, 0.3) is 0 Å². The van der Waals surface area contributed by atoms with Crippen LogP contribution in [0.2, 0.25) is 0 Å². The number of hydrogen-bond donors (Lipinski definition) is 0. The zero-order valence-electron chi connectivity index (χ0n) is 2.79. The van der Waals surface area contributed by atoms with Crippen LogP contribution < -0.4 is 0 Å². The minimum Gasteiger partial charge on any atom is -2.00 e. The Morgan fingerprint density at radius 1 is 0.500 bits per heavy atom. The Kier molecular flexibility index (Phi) is 1890. The van der Waals surface area contributed by atoms with Crippen LogP contribution in [0.15, 0.2) is 0 Å². The molecule has 0 heterocycles. The molecule has 0 aromatic carbocycles. The Morgan fingerprint density at radius 3 is 0.500 bits per heavy atom. The van der Waals surface area contributed by atoms with Gasteiger partial charge in [0.2, 0.25) is 0 Å². The molecule has 0 unspecified atom stereocenters. The van der Waals surface area contributed by atoms with Gasteiger partial charge in [-0.25, -0.2) is 0 Å². The number of hydrogen-bond acceptors (Lipinski definition) is 0. The fourth-order valence-electron chi connectivity index (χ4n) is 0. The first-order chi connectivity index (χ1) is 0. The van der Waals surface area contributed by atoms with Crippen LogP contribution in [0.4, 0.5) is 4.70 Å². The van der Waals surface area contributed by atoms with Gasteiger partial charge in [-0.05, 0) is 0 Å². The molecule has 0 N–H and O–H groups in total. The van der Waals surface area contributed by atoms with E-state index in [0.29, 0.717) is 0 Å². The zero-order chi connectivity index (χ0) is 0. The Hall–Kier alpha value is 1.55. The molecule has 3 nitrogen and oxygen atoms in total. The van der Waals surface area contributed by atoms with Crippen LogP contribution in [0.25, 0.3) is 0 Å². The van der Waals surface area contributed by atoms with Crippen LogP contribution in [0.1, 0.15) is 0 Å². The van der Waals surface area contributed by atoms with Crippen molar-refractivity contribution in [2.45, 2.75) is 0 Å². The van der Waals surface area contributed by atoms with Crippen molar-refractivity contribution in [1.82, 2.24) is 0 Å². The van der Waals surface area contributed by atoms with E-state index in [1.807, 2.05) is 0 Å². The Morgan fingerprint density at radius 2 is 0.500 bits per heavy atom. The molecule has 0 aliphatic heterocycles. The molecule has 6 heavy (non-hydrogen) atoms. The second-order valence-electron chi connectivity index (χ2n) is 0. The van der Waals surface area contributed by atoms with E-state index in [2.05, 4.69) is 0 Å². The molecule has 32 valence electrons. The maximum Gasteiger partial charge on any atom is 3.00 e. The quantitative estimate of drug-likeness (QED) is 0.551. The maximum absolute atomic E-state index is 0. The summed E-state index contributed by atoms with van der Waals surface area (Å²) in [7, 11) is 0. The van der Waals surface area contributed by atoms with Crippen molar-refractivity contribution in [3.8, 4) is 0 Å². The molecule has 0 rings (SSSR count). The minimum absolute atomic E-state index is 0. The van der Waals surface area contributed by atoms with Crippen molar-refractivity contribution in [1.29, 1.82) is 0 Å². The summed E-state index contributed by atoms with van der Waals surface area (Å²) >= 11 is 0. The van der Waals surface area contributed by atoms with Gasteiger partial charge in [-0.1, -0.05) is 0 Å². The summed E-state index contributed by atoms with van der Waals surface area (Å²) < 4.78 is 0. The van der Waals surface area contributed by atoms with E-state index in [1.165, 1.54) is 0 Å². The predicted octanol–water partition coefficient (Wildman–Crippen LogP) is -0.966. The Bertz CT molecular complexity index is 8.75. The van der Waals surface area contributed by atoms with Crippen LogP contribution in [0.3, 0.4) is 0 Å². The molecular formula is HFIn2O3. The van der Waals surface area contributed by atoms with Gasteiger partial charge in [-0.3, -0.25) is 4.70 Å². The summed E-state index contributed by atoms with van der Waals surface area (Å²) in [6.07, 6.45) is 0. The molecular weight excluding hydrogens is 297 g/mol. The monoisotopic (exact) mass is 298 g/mol. The van der Waals surface area contributed by atoms with E-state index in [9.17, 15) is 0 Å².